The van der Waals surface area contributed by atoms with Crippen LogP contribution in [-0.2, 0) is 16.1 Å². The lowest BCUT2D eigenvalue weighted by Crippen LogP contribution is -2.36. The minimum Gasteiger partial charge on any atom is -0.381 e. The van der Waals surface area contributed by atoms with E-state index in [0.29, 0.717) is 12.0 Å². The number of nitrogens with zero attached hydrogens (tertiary/aromatic N) is 1. The minimum absolute atomic E-state index is 0.122. The highest BCUT2D eigenvalue weighted by Crippen LogP contribution is 2.30. The maximum absolute atomic E-state index is 12.4. The second-order valence-electron chi connectivity index (χ2n) is 9.26. The first-order valence-corrected chi connectivity index (χ1v) is 12.9. The van der Waals surface area contributed by atoms with E-state index in [1.54, 1.807) is 17.4 Å². The lowest BCUT2D eigenvalue weighted by Gasteiger charge is -2.31. The zero-order valence-electron chi connectivity index (χ0n) is 20.3. The largest absolute Gasteiger partial charge is 0.381 e. The number of nitrogens with one attached hydrogen (secondary N) is 1. The van der Waals surface area contributed by atoms with Crippen LogP contribution in [0.5, 0.6) is 0 Å². The molecule has 1 aliphatic rings. The predicted octanol–water partition coefficient (Wildman–Crippen LogP) is 6.80. The molecule has 1 amide bonds. The highest BCUT2D eigenvalue weighted by atomic mass is 32.1. The molecule has 1 aromatic heterocycles. The number of carbonyl (C=O) groups is 1. The molecular formula is C29H34N2O2S. The van der Waals surface area contributed by atoms with Crippen molar-refractivity contribution in [2.75, 3.05) is 25.6 Å². The fraction of sp³-hybridized carbons (Fsp3) is 0.345. The highest BCUT2D eigenvalue weighted by Gasteiger charge is 2.18. The summed E-state index contributed by atoms with van der Waals surface area (Å²) in [6.45, 7) is 7.02. The molecule has 178 valence electrons. The van der Waals surface area contributed by atoms with E-state index in [9.17, 15) is 4.79 Å². The van der Waals surface area contributed by atoms with Crippen LogP contribution in [0.15, 0.2) is 66.7 Å². The quantitative estimate of drug-likeness (QED) is 0.365. The van der Waals surface area contributed by atoms with Gasteiger partial charge in [-0.3, -0.25) is 9.69 Å². The Morgan fingerprint density at radius 1 is 1.06 bits per heavy atom. The third-order valence-electron chi connectivity index (χ3n) is 6.36. The van der Waals surface area contributed by atoms with Crippen LogP contribution in [-0.4, -0.2) is 37.1 Å². The minimum atomic E-state index is -0.122. The van der Waals surface area contributed by atoms with Crippen molar-refractivity contribution in [3.8, 4) is 10.4 Å². The van der Waals surface area contributed by atoms with E-state index in [4.69, 9.17) is 4.74 Å². The van der Waals surface area contributed by atoms with Crippen molar-refractivity contribution < 1.29 is 9.53 Å². The summed E-state index contributed by atoms with van der Waals surface area (Å²) in [5.74, 6) is 0.410. The monoisotopic (exact) mass is 474 g/mol. The fourth-order valence-electron chi connectivity index (χ4n) is 4.21. The van der Waals surface area contributed by atoms with E-state index < -0.39 is 0 Å². The van der Waals surface area contributed by atoms with Crippen LogP contribution in [0.25, 0.3) is 16.5 Å². The molecule has 0 spiro atoms. The van der Waals surface area contributed by atoms with Crippen LogP contribution < -0.4 is 5.32 Å². The van der Waals surface area contributed by atoms with Gasteiger partial charge >= 0.3 is 0 Å². The number of hydrogen-bond donors (Lipinski definition) is 1. The van der Waals surface area contributed by atoms with E-state index in [1.165, 1.54) is 21.6 Å². The zero-order valence-corrected chi connectivity index (χ0v) is 21.1. The normalized spacial score (nSPS) is 14.9. The van der Waals surface area contributed by atoms with Gasteiger partial charge in [-0.25, -0.2) is 0 Å². The van der Waals surface area contributed by atoms with Gasteiger partial charge in [-0.05, 0) is 72.8 Å². The van der Waals surface area contributed by atoms with Crippen molar-refractivity contribution >= 4 is 29.0 Å². The molecule has 0 radical (unpaired) electrons. The van der Waals surface area contributed by atoms with Gasteiger partial charge in [0.05, 0.1) is 0 Å². The van der Waals surface area contributed by atoms with Crippen molar-refractivity contribution in [2.24, 2.45) is 0 Å². The number of rotatable bonds is 8. The van der Waals surface area contributed by atoms with Crippen molar-refractivity contribution in [2.45, 2.75) is 45.2 Å². The number of carbonyl (C=O) groups excluding carboxylic acids is 1. The van der Waals surface area contributed by atoms with Gasteiger partial charge in [-0.2, -0.15) is 0 Å². The van der Waals surface area contributed by atoms with Crippen LogP contribution in [0.2, 0.25) is 0 Å². The summed E-state index contributed by atoms with van der Waals surface area (Å²) in [6.07, 6.45) is 5.66. The third kappa shape index (κ3) is 6.66. The number of hydrogen-bond acceptors (Lipinski definition) is 4. The molecular weight excluding hydrogens is 440 g/mol. The van der Waals surface area contributed by atoms with Crippen molar-refractivity contribution in [1.82, 2.24) is 4.90 Å². The molecule has 1 saturated heterocycles. The van der Waals surface area contributed by atoms with E-state index in [-0.39, 0.29) is 5.91 Å². The summed E-state index contributed by atoms with van der Waals surface area (Å²) in [4.78, 5) is 17.1. The molecule has 5 heteroatoms. The first kappa shape index (κ1) is 24.4. The molecule has 4 nitrogen and oxygen atoms in total. The first-order valence-electron chi connectivity index (χ1n) is 12.0. The van der Waals surface area contributed by atoms with Gasteiger partial charge in [0, 0.05) is 47.3 Å². The van der Waals surface area contributed by atoms with Gasteiger partial charge in [-0.1, -0.05) is 50.2 Å². The Balaban J connectivity index is 1.29. The summed E-state index contributed by atoms with van der Waals surface area (Å²) in [7, 11) is 2.17. The van der Waals surface area contributed by atoms with Gasteiger partial charge in [0.25, 0.3) is 0 Å². The van der Waals surface area contributed by atoms with Gasteiger partial charge in [0.1, 0.15) is 0 Å². The molecule has 2 heterocycles. The van der Waals surface area contributed by atoms with Crippen LogP contribution in [0, 0.1) is 0 Å². The molecule has 0 unspecified atom stereocenters. The Hall–Kier alpha value is -2.73. The molecule has 0 atom stereocenters. The fourth-order valence-corrected chi connectivity index (χ4v) is 5.12. The maximum Gasteiger partial charge on any atom is 0.248 e. The topological polar surface area (TPSA) is 41.6 Å². The lowest BCUT2D eigenvalue weighted by atomic mass is 10.0. The highest BCUT2D eigenvalue weighted by molar-refractivity contribution is 7.16. The molecule has 34 heavy (non-hydrogen) atoms. The summed E-state index contributed by atoms with van der Waals surface area (Å²) in [5, 5.41) is 2.96. The summed E-state index contributed by atoms with van der Waals surface area (Å²) in [6, 6.07) is 21.6. The van der Waals surface area contributed by atoms with E-state index in [1.807, 2.05) is 18.2 Å². The molecule has 1 N–H and O–H groups in total. The average molecular weight is 475 g/mol. The van der Waals surface area contributed by atoms with Crippen LogP contribution in [0.4, 0.5) is 5.69 Å². The van der Waals surface area contributed by atoms with Crippen LogP contribution in [0.3, 0.4) is 0 Å². The summed E-state index contributed by atoms with van der Waals surface area (Å²) < 4.78 is 5.46. The van der Waals surface area contributed by atoms with Crippen molar-refractivity contribution in [1.29, 1.82) is 0 Å². The van der Waals surface area contributed by atoms with Gasteiger partial charge in [0.2, 0.25) is 5.91 Å². The van der Waals surface area contributed by atoms with Gasteiger partial charge in [0.15, 0.2) is 0 Å². The molecule has 1 fully saturated rings. The zero-order chi connectivity index (χ0) is 23.9. The van der Waals surface area contributed by atoms with E-state index in [2.05, 4.69) is 79.6 Å². The second kappa shape index (κ2) is 11.6. The Bertz CT molecular complexity index is 1090. The molecule has 0 saturated carbocycles. The Kier molecular flexibility index (Phi) is 8.33. The summed E-state index contributed by atoms with van der Waals surface area (Å²) in [5.41, 5.74) is 4.61. The Morgan fingerprint density at radius 2 is 1.76 bits per heavy atom. The molecule has 1 aliphatic heterocycles. The number of ether oxygens (including phenoxy) is 1. The van der Waals surface area contributed by atoms with Crippen LogP contribution >= 0.6 is 11.3 Å². The second-order valence-corrected chi connectivity index (χ2v) is 10.4. The third-order valence-corrected chi connectivity index (χ3v) is 7.45. The Morgan fingerprint density at radius 3 is 2.44 bits per heavy atom. The van der Waals surface area contributed by atoms with Crippen molar-refractivity contribution in [3.63, 3.8) is 0 Å². The Labute approximate surface area is 207 Å². The van der Waals surface area contributed by atoms with Gasteiger partial charge < -0.3 is 10.1 Å². The average Bonchev–Trinajstić information content (AvgIpc) is 3.34. The molecule has 2 aromatic carbocycles. The van der Waals surface area contributed by atoms with E-state index >= 15 is 0 Å². The number of thiophene rings is 1. The molecule has 4 rings (SSSR count). The molecule has 0 aliphatic carbocycles. The maximum atomic E-state index is 12.4. The smallest absolute Gasteiger partial charge is 0.248 e. The first-order chi connectivity index (χ1) is 16.5. The molecule has 0 bridgehead atoms. The van der Waals surface area contributed by atoms with Crippen LogP contribution in [0.1, 0.15) is 48.6 Å². The lowest BCUT2D eigenvalue weighted by molar-refractivity contribution is -0.111. The number of anilines is 1. The number of benzene rings is 2. The van der Waals surface area contributed by atoms with E-state index in [0.717, 1.165) is 43.2 Å². The number of amides is 1. The predicted molar refractivity (Wildman–Crippen MR) is 143 cm³/mol. The van der Waals surface area contributed by atoms with Crippen molar-refractivity contribution in [3.05, 3.63) is 82.7 Å². The standard InChI is InChI=1S/C29H34N2O2S/c1-21(2)23-6-8-24(9-7-23)28-14-12-27(34-28)13-15-29(32)30-25-10-4-22(5-11-25)20-31(3)26-16-18-33-19-17-26/h4-15,21,26H,16-20H2,1-3H3,(H,30,32). The SMILES string of the molecule is CC(C)c1ccc(-c2ccc(C=CC(=O)Nc3ccc(CN(C)C4CCOCC4)cc3)s2)cc1. The summed E-state index contributed by atoms with van der Waals surface area (Å²) >= 11 is 1.69. The molecule has 3 aromatic rings. The van der Waals surface area contributed by atoms with Gasteiger partial charge in [-0.15, -0.1) is 11.3 Å².